The first-order valence-electron chi connectivity index (χ1n) is 8.56. The van der Waals surface area contributed by atoms with Crippen molar-refractivity contribution < 1.29 is 4.79 Å². The van der Waals surface area contributed by atoms with Gasteiger partial charge in [-0.1, -0.05) is 59.2 Å². The fraction of sp³-hybridized carbons (Fsp3) is 0.190. The van der Waals surface area contributed by atoms with Crippen LogP contribution in [0.5, 0.6) is 0 Å². The molecule has 0 saturated heterocycles. The highest BCUT2D eigenvalue weighted by molar-refractivity contribution is 7.98. The Hall–Kier alpha value is -2.08. The van der Waals surface area contributed by atoms with Crippen LogP contribution >= 0.6 is 35.0 Å². The average molecular weight is 432 g/mol. The number of hydrogen-bond donors (Lipinski definition) is 0. The van der Waals surface area contributed by atoms with Gasteiger partial charge < -0.3 is 4.90 Å². The van der Waals surface area contributed by atoms with Crippen molar-refractivity contribution in [3.63, 3.8) is 0 Å². The van der Waals surface area contributed by atoms with Crippen LogP contribution in [0.4, 0.5) is 0 Å². The summed E-state index contributed by atoms with van der Waals surface area (Å²) in [5.41, 5.74) is 3.95. The summed E-state index contributed by atoms with van der Waals surface area (Å²) in [6.07, 6.45) is 3.60. The topological polar surface area (TPSA) is 46.1 Å². The average Bonchev–Trinajstić information content (AvgIpc) is 2.66. The second-order valence-electron chi connectivity index (χ2n) is 6.37. The van der Waals surface area contributed by atoms with Gasteiger partial charge in [0, 0.05) is 35.4 Å². The molecule has 0 N–H and O–H groups in total. The number of halogens is 2. The van der Waals surface area contributed by atoms with Gasteiger partial charge in [0.05, 0.1) is 0 Å². The Morgan fingerprint density at radius 3 is 2.43 bits per heavy atom. The molecule has 144 valence electrons. The molecule has 4 nitrogen and oxygen atoms in total. The van der Waals surface area contributed by atoms with Crippen LogP contribution in [0, 0.1) is 6.92 Å². The van der Waals surface area contributed by atoms with E-state index < -0.39 is 0 Å². The molecule has 0 atom stereocenters. The van der Waals surface area contributed by atoms with E-state index in [0.717, 1.165) is 22.3 Å². The van der Waals surface area contributed by atoms with E-state index in [0.29, 0.717) is 27.4 Å². The fourth-order valence-corrected chi connectivity index (χ4v) is 3.84. The molecule has 0 aliphatic heterocycles. The lowest BCUT2D eigenvalue weighted by Crippen LogP contribution is -2.28. The molecular formula is C21H19Cl2N3OS. The zero-order valence-corrected chi connectivity index (χ0v) is 18.1. The molecule has 1 aromatic heterocycles. The highest BCUT2D eigenvalue weighted by atomic mass is 35.5. The van der Waals surface area contributed by atoms with Crippen molar-refractivity contribution in [3.8, 4) is 11.1 Å². The molecule has 2 aromatic carbocycles. The zero-order valence-electron chi connectivity index (χ0n) is 15.7. The maximum absolute atomic E-state index is 13.3. The van der Waals surface area contributed by atoms with Gasteiger partial charge in [-0.15, -0.1) is 0 Å². The first-order chi connectivity index (χ1) is 13.4. The number of aromatic nitrogens is 2. The van der Waals surface area contributed by atoms with Gasteiger partial charge >= 0.3 is 0 Å². The van der Waals surface area contributed by atoms with Crippen LogP contribution in [0.15, 0.2) is 53.8 Å². The van der Waals surface area contributed by atoms with Gasteiger partial charge in [0.1, 0.15) is 5.69 Å². The maximum atomic E-state index is 13.3. The molecule has 0 fully saturated rings. The quantitative estimate of drug-likeness (QED) is 0.380. The third-order valence-corrected chi connectivity index (χ3v) is 5.27. The minimum atomic E-state index is -0.188. The molecule has 3 aromatic rings. The fourth-order valence-electron chi connectivity index (χ4n) is 2.93. The van der Waals surface area contributed by atoms with Crippen LogP contribution in [0.3, 0.4) is 0 Å². The highest BCUT2D eigenvalue weighted by Crippen LogP contribution is 2.28. The number of aryl methyl sites for hydroxylation is 1. The van der Waals surface area contributed by atoms with Crippen molar-refractivity contribution in [2.45, 2.75) is 18.6 Å². The van der Waals surface area contributed by atoms with Crippen molar-refractivity contribution in [2.24, 2.45) is 0 Å². The standard InChI is InChI=1S/C21H19Cl2N3OS/c1-13-6-4-5-7-17(13)18-11-24-21(28-3)25-19(18)20(27)26(2)12-14-8-15(22)10-16(23)9-14/h4-11H,12H2,1-3H3. The van der Waals surface area contributed by atoms with Gasteiger partial charge in [0.25, 0.3) is 5.91 Å². The zero-order chi connectivity index (χ0) is 20.3. The lowest BCUT2D eigenvalue weighted by atomic mass is 10.00. The first-order valence-corrected chi connectivity index (χ1v) is 10.5. The van der Waals surface area contributed by atoms with Crippen LogP contribution in [-0.4, -0.2) is 34.1 Å². The smallest absolute Gasteiger partial charge is 0.273 e. The lowest BCUT2D eigenvalue weighted by Gasteiger charge is -2.19. The number of carbonyl (C=O) groups excluding carboxylic acids is 1. The summed E-state index contributed by atoms with van der Waals surface area (Å²) in [5.74, 6) is -0.188. The van der Waals surface area contributed by atoms with Gasteiger partial charge in [-0.25, -0.2) is 9.97 Å². The van der Waals surface area contributed by atoms with Crippen molar-refractivity contribution >= 4 is 40.9 Å². The largest absolute Gasteiger partial charge is 0.336 e. The third-order valence-electron chi connectivity index (χ3n) is 4.28. The molecule has 0 aliphatic rings. The van der Waals surface area contributed by atoms with Gasteiger partial charge in [0.15, 0.2) is 5.16 Å². The minimum Gasteiger partial charge on any atom is -0.336 e. The molecule has 0 bridgehead atoms. The summed E-state index contributed by atoms with van der Waals surface area (Å²) in [4.78, 5) is 23.7. The molecule has 0 saturated carbocycles. The van der Waals surface area contributed by atoms with E-state index in [1.807, 2.05) is 37.4 Å². The Kier molecular flexibility index (Phi) is 6.60. The predicted octanol–water partition coefficient (Wildman–Crippen LogP) is 5.75. The first kappa shape index (κ1) is 20.6. The molecule has 0 aliphatic carbocycles. The van der Waals surface area contributed by atoms with Crippen molar-refractivity contribution in [2.75, 3.05) is 13.3 Å². The Morgan fingerprint density at radius 2 is 1.79 bits per heavy atom. The van der Waals surface area contributed by atoms with Gasteiger partial charge in [-0.3, -0.25) is 4.79 Å². The number of nitrogens with zero attached hydrogens (tertiary/aromatic N) is 3. The normalized spacial score (nSPS) is 10.8. The molecule has 0 unspecified atom stereocenters. The maximum Gasteiger partial charge on any atom is 0.273 e. The van der Waals surface area contributed by atoms with Crippen molar-refractivity contribution in [1.82, 2.24) is 14.9 Å². The third kappa shape index (κ3) is 4.66. The van der Waals surface area contributed by atoms with E-state index in [2.05, 4.69) is 9.97 Å². The molecule has 3 rings (SSSR count). The van der Waals surface area contributed by atoms with Crippen LogP contribution < -0.4 is 0 Å². The number of hydrogen-bond acceptors (Lipinski definition) is 4. The molecule has 0 radical (unpaired) electrons. The van der Waals surface area contributed by atoms with Crippen LogP contribution in [0.25, 0.3) is 11.1 Å². The highest BCUT2D eigenvalue weighted by Gasteiger charge is 2.21. The van der Waals surface area contributed by atoms with E-state index in [1.165, 1.54) is 11.8 Å². The van der Waals surface area contributed by atoms with Crippen LogP contribution in [-0.2, 0) is 6.54 Å². The SMILES string of the molecule is CSc1ncc(-c2ccccc2C)c(C(=O)N(C)Cc2cc(Cl)cc(Cl)c2)n1. The summed E-state index contributed by atoms with van der Waals surface area (Å²) in [6, 6.07) is 13.1. The van der Waals surface area contributed by atoms with E-state index in [4.69, 9.17) is 23.2 Å². The second kappa shape index (κ2) is 8.95. The summed E-state index contributed by atoms with van der Waals surface area (Å²) in [7, 11) is 1.74. The Morgan fingerprint density at radius 1 is 1.11 bits per heavy atom. The Bertz CT molecular complexity index is 1010. The monoisotopic (exact) mass is 431 g/mol. The van der Waals surface area contributed by atoms with Crippen LogP contribution in [0.1, 0.15) is 21.6 Å². The Balaban J connectivity index is 1.98. The van der Waals surface area contributed by atoms with E-state index >= 15 is 0 Å². The van der Waals surface area contributed by atoms with Crippen LogP contribution in [0.2, 0.25) is 10.0 Å². The van der Waals surface area contributed by atoms with Crippen molar-refractivity contribution in [3.05, 3.63) is 75.5 Å². The molecular weight excluding hydrogens is 413 g/mol. The summed E-state index contributed by atoms with van der Waals surface area (Å²) < 4.78 is 0. The molecule has 7 heteroatoms. The summed E-state index contributed by atoms with van der Waals surface area (Å²) in [5, 5.41) is 1.63. The van der Waals surface area contributed by atoms with Crippen molar-refractivity contribution in [1.29, 1.82) is 0 Å². The molecule has 1 amide bonds. The number of benzene rings is 2. The summed E-state index contributed by atoms with van der Waals surface area (Å²) >= 11 is 13.6. The lowest BCUT2D eigenvalue weighted by molar-refractivity contribution is 0.0779. The van der Waals surface area contributed by atoms with E-state index in [1.54, 1.807) is 36.3 Å². The molecule has 0 spiro atoms. The number of thioether (sulfide) groups is 1. The number of amides is 1. The number of rotatable bonds is 5. The van der Waals surface area contributed by atoms with Gasteiger partial charge in [-0.2, -0.15) is 0 Å². The number of carbonyl (C=O) groups is 1. The second-order valence-corrected chi connectivity index (χ2v) is 8.02. The van der Waals surface area contributed by atoms with Gasteiger partial charge in [-0.05, 0) is 48.1 Å². The molecule has 1 heterocycles. The predicted molar refractivity (Wildman–Crippen MR) is 116 cm³/mol. The minimum absolute atomic E-state index is 0.188. The van der Waals surface area contributed by atoms with Gasteiger partial charge in [0.2, 0.25) is 0 Å². The van der Waals surface area contributed by atoms with E-state index in [9.17, 15) is 4.79 Å². The summed E-state index contributed by atoms with van der Waals surface area (Å²) in [6.45, 7) is 2.37. The molecule has 28 heavy (non-hydrogen) atoms. The van der Waals surface area contributed by atoms with E-state index in [-0.39, 0.29) is 5.91 Å². The Labute approximate surface area is 178 Å².